The first-order valence-corrected chi connectivity index (χ1v) is 15.0. The SMILES string of the molecule is Nc1ccn(C2C[C@H](P(=O)(O)OC[C@H]3O[C@@H](n4cnc5c(N)ncnc54)[C@H](O)[C@@H]3O)[C@@H](COP(=O)(O)O)O2)c(=O)n1. The number of nitrogen functional groups attached to an aromatic ring is 2. The summed E-state index contributed by atoms with van der Waals surface area (Å²) < 4.78 is 48.0. The van der Waals surface area contributed by atoms with E-state index in [-0.39, 0.29) is 29.2 Å². The largest absolute Gasteiger partial charge is 0.469 e. The molecule has 0 saturated carbocycles. The van der Waals surface area contributed by atoms with Gasteiger partial charge in [0.15, 0.2) is 17.7 Å². The Balaban J connectivity index is 1.32. The van der Waals surface area contributed by atoms with Crippen molar-refractivity contribution in [2.24, 2.45) is 0 Å². The molecule has 41 heavy (non-hydrogen) atoms. The molecule has 0 aliphatic carbocycles. The van der Waals surface area contributed by atoms with Crippen LogP contribution in [0.4, 0.5) is 11.6 Å². The smallest absolute Gasteiger partial charge is 0.387 e. The lowest BCUT2D eigenvalue weighted by Crippen LogP contribution is -2.34. The molecule has 20 nitrogen and oxygen atoms in total. The van der Waals surface area contributed by atoms with Gasteiger partial charge in [-0.25, -0.2) is 24.3 Å². The van der Waals surface area contributed by atoms with Crippen LogP contribution in [0.3, 0.4) is 0 Å². The first kappa shape index (κ1) is 29.6. The third-order valence-corrected chi connectivity index (χ3v) is 9.00. The standard InChI is InChI=1S/C19H26N8O12P2/c20-11-1-2-26(19(30)25-11)12-3-10(8(38-12)4-37-41(33,34)35)40(31,32)36-5-9-14(28)15(29)18(39-9)27-7-24-13-16(21)22-6-23-17(13)27/h1-2,6-10,12,14-15,18,28-29H,3-5H2,(H,31,32)(H2,20,25,30)(H2,21,22,23)(H2,33,34,35)/t8-,9-,10+,12?,14-,15-,18-/m1/s1. The van der Waals surface area contributed by atoms with Gasteiger partial charge in [-0.3, -0.25) is 18.2 Å². The summed E-state index contributed by atoms with van der Waals surface area (Å²) in [5.74, 6) is 0.00263. The first-order chi connectivity index (χ1) is 19.2. The Bertz CT molecular complexity index is 1580. The number of anilines is 2. The predicted octanol–water partition coefficient (Wildman–Crippen LogP) is -2.17. The zero-order chi connectivity index (χ0) is 29.7. The van der Waals surface area contributed by atoms with Crippen LogP contribution in [0.2, 0.25) is 0 Å². The molecule has 3 aromatic rings. The van der Waals surface area contributed by atoms with Crippen molar-refractivity contribution in [3.63, 3.8) is 0 Å². The number of hydrogen-bond acceptors (Lipinski definition) is 15. The van der Waals surface area contributed by atoms with E-state index in [9.17, 15) is 29.0 Å². The van der Waals surface area contributed by atoms with E-state index < -0.39 is 76.9 Å². The van der Waals surface area contributed by atoms with Crippen LogP contribution in [0.1, 0.15) is 18.9 Å². The highest BCUT2D eigenvalue weighted by Crippen LogP contribution is 2.56. The number of nitrogens with two attached hydrogens (primary N) is 2. The van der Waals surface area contributed by atoms with Gasteiger partial charge < -0.3 is 50.4 Å². The molecule has 2 saturated heterocycles. The number of imidazole rings is 1. The van der Waals surface area contributed by atoms with Gasteiger partial charge in [0.25, 0.3) is 0 Å². The summed E-state index contributed by atoms with van der Waals surface area (Å²) in [6.07, 6.45) is -4.85. The Kier molecular flexibility index (Phi) is 8.01. The summed E-state index contributed by atoms with van der Waals surface area (Å²) in [5, 5.41) is 21.2. The number of nitrogens with zero attached hydrogens (tertiary/aromatic N) is 6. The average molecular weight is 620 g/mol. The second kappa shape index (κ2) is 11.1. The van der Waals surface area contributed by atoms with Gasteiger partial charge in [-0.2, -0.15) is 4.98 Å². The fourth-order valence-electron chi connectivity index (χ4n) is 4.62. The molecule has 224 valence electrons. The van der Waals surface area contributed by atoms with E-state index in [1.54, 1.807) is 0 Å². The minimum Gasteiger partial charge on any atom is -0.387 e. The molecule has 2 unspecified atom stereocenters. The molecule has 5 heterocycles. The summed E-state index contributed by atoms with van der Waals surface area (Å²) in [6.45, 7) is -1.51. The van der Waals surface area contributed by atoms with E-state index in [0.717, 1.165) is 4.57 Å². The van der Waals surface area contributed by atoms with Crippen LogP contribution in [0.25, 0.3) is 11.2 Å². The Morgan fingerprint density at radius 1 is 1.00 bits per heavy atom. The number of phosphoric ester groups is 1. The summed E-state index contributed by atoms with van der Waals surface area (Å²) in [4.78, 5) is 56.9. The second-order valence-electron chi connectivity index (χ2n) is 9.25. The highest BCUT2D eigenvalue weighted by Gasteiger charge is 2.50. The van der Waals surface area contributed by atoms with Crippen LogP contribution in [0.5, 0.6) is 0 Å². The van der Waals surface area contributed by atoms with E-state index in [2.05, 4.69) is 24.5 Å². The van der Waals surface area contributed by atoms with E-state index in [1.165, 1.54) is 29.5 Å². The van der Waals surface area contributed by atoms with Gasteiger partial charge in [0.05, 0.1) is 31.3 Å². The van der Waals surface area contributed by atoms with Crippen molar-refractivity contribution in [1.82, 2.24) is 29.1 Å². The number of phosphoric acid groups is 1. The number of aliphatic hydroxyl groups is 2. The molecule has 0 bridgehead atoms. The van der Waals surface area contributed by atoms with E-state index in [1.807, 2.05) is 0 Å². The maximum Gasteiger partial charge on any atom is 0.469 e. The minimum absolute atomic E-state index is 0.0754. The molecule has 0 amide bonds. The van der Waals surface area contributed by atoms with Gasteiger partial charge in [-0.05, 0) is 6.07 Å². The van der Waals surface area contributed by atoms with Gasteiger partial charge in [0.1, 0.15) is 42.2 Å². The zero-order valence-electron chi connectivity index (χ0n) is 20.8. The highest BCUT2D eigenvalue weighted by molar-refractivity contribution is 7.53. The van der Waals surface area contributed by atoms with Gasteiger partial charge >= 0.3 is 21.1 Å². The first-order valence-electron chi connectivity index (χ1n) is 11.9. The second-order valence-corrected chi connectivity index (χ2v) is 12.5. The third kappa shape index (κ3) is 6.04. The lowest BCUT2D eigenvalue weighted by molar-refractivity contribution is -0.0493. The predicted molar refractivity (Wildman–Crippen MR) is 135 cm³/mol. The Morgan fingerprint density at radius 3 is 2.44 bits per heavy atom. The molecule has 2 aliphatic rings. The maximum atomic E-state index is 13.4. The van der Waals surface area contributed by atoms with E-state index >= 15 is 0 Å². The highest BCUT2D eigenvalue weighted by atomic mass is 31.2. The maximum absolute atomic E-state index is 13.4. The van der Waals surface area contributed by atoms with Crippen molar-refractivity contribution in [2.45, 2.75) is 49.0 Å². The third-order valence-electron chi connectivity index (χ3n) is 6.61. The van der Waals surface area contributed by atoms with Crippen LogP contribution in [-0.2, 0) is 27.7 Å². The number of aromatic nitrogens is 6. The van der Waals surface area contributed by atoms with Gasteiger partial charge in [-0.15, -0.1) is 0 Å². The molecule has 2 fully saturated rings. The van der Waals surface area contributed by atoms with Crippen LogP contribution in [-0.4, -0.2) is 97.3 Å². The molecule has 9 N–H and O–H groups in total. The number of aliphatic hydroxyl groups excluding tert-OH is 2. The Morgan fingerprint density at radius 2 is 1.73 bits per heavy atom. The molecule has 22 heteroatoms. The number of hydrogen-bond donors (Lipinski definition) is 7. The molecule has 0 spiro atoms. The molecule has 0 aromatic carbocycles. The van der Waals surface area contributed by atoms with Gasteiger partial charge in [-0.1, -0.05) is 0 Å². The lowest BCUT2D eigenvalue weighted by Gasteiger charge is -2.24. The van der Waals surface area contributed by atoms with Gasteiger partial charge in [0.2, 0.25) is 0 Å². The molecule has 5 rings (SSSR count). The number of rotatable bonds is 9. The fourth-order valence-corrected chi connectivity index (χ4v) is 6.54. The molecular formula is C19H26N8O12P2. The molecular weight excluding hydrogens is 594 g/mol. The van der Waals surface area contributed by atoms with Crippen molar-refractivity contribution >= 4 is 38.2 Å². The van der Waals surface area contributed by atoms with Crippen LogP contribution in [0, 0.1) is 0 Å². The monoisotopic (exact) mass is 620 g/mol. The molecule has 8 atom stereocenters. The number of fused-ring (bicyclic) bond motifs is 1. The normalized spacial score (nSPS) is 30.1. The van der Waals surface area contributed by atoms with Crippen LogP contribution in [0.15, 0.2) is 29.7 Å². The van der Waals surface area contributed by atoms with E-state index in [4.69, 9.17) is 35.3 Å². The lowest BCUT2D eigenvalue weighted by atomic mass is 10.1. The van der Waals surface area contributed by atoms with Crippen molar-refractivity contribution in [1.29, 1.82) is 0 Å². The average Bonchev–Trinajstić information content (AvgIpc) is 3.59. The summed E-state index contributed by atoms with van der Waals surface area (Å²) >= 11 is 0. The Hall–Kier alpha value is -2.87. The van der Waals surface area contributed by atoms with Crippen molar-refractivity contribution < 1.29 is 52.5 Å². The molecule has 0 radical (unpaired) electrons. The van der Waals surface area contributed by atoms with E-state index in [0.29, 0.717) is 0 Å². The summed E-state index contributed by atoms with van der Waals surface area (Å²) in [5.41, 5.74) is 9.44. The molecule has 2 aliphatic heterocycles. The fraction of sp³-hybridized carbons (Fsp3) is 0.526. The Labute approximate surface area is 229 Å². The van der Waals surface area contributed by atoms with Crippen LogP contribution < -0.4 is 17.2 Å². The summed E-state index contributed by atoms with van der Waals surface area (Å²) in [7, 11) is -9.73. The number of ether oxygens (including phenoxy) is 2. The topological polar surface area (TPSA) is 303 Å². The minimum atomic E-state index is -5.00. The quantitative estimate of drug-likeness (QED) is 0.125. The zero-order valence-corrected chi connectivity index (χ0v) is 22.6. The van der Waals surface area contributed by atoms with Gasteiger partial charge in [0, 0.05) is 12.6 Å². The van der Waals surface area contributed by atoms with Crippen LogP contribution >= 0.6 is 15.4 Å². The van der Waals surface area contributed by atoms with Crippen molar-refractivity contribution in [2.75, 3.05) is 24.7 Å². The summed E-state index contributed by atoms with van der Waals surface area (Å²) in [6, 6.07) is 1.29. The van der Waals surface area contributed by atoms with Crippen molar-refractivity contribution in [3.05, 3.63) is 35.4 Å². The van der Waals surface area contributed by atoms with Crippen molar-refractivity contribution in [3.8, 4) is 0 Å². The molecule has 3 aromatic heterocycles.